The highest BCUT2D eigenvalue weighted by Gasteiger charge is 2.15. The molecule has 0 bridgehead atoms. The molecule has 0 amide bonds. The second kappa shape index (κ2) is 5.01. The van der Waals surface area contributed by atoms with E-state index in [1.807, 2.05) is 18.2 Å². The molecular formula is C13H12N2OS. The number of thiol groups is 1. The monoisotopic (exact) mass is 244 g/mol. The Morgan fingerprint density at radius 2 is 2.12 bits per heavy atom. The number of benzene rings is 1. The van der Waals surface area contributed by atoms with Gasteiger partial charge in [-0.3, -0.25) is 9.48 Å². The number of allylic oxidation sites excluding steroid dienone is 1. The average molecular weight is 244 g/mol. The van der Waals surface area contributed by atoms with Crippen LogP contribution in [-0.4, -0.2) is 15.6 Å². The van der Waals surface area contributed by atoms with E-state index >= 15 is 0 Å². The predicted molar refractivity (Wildman–Crippen MR) is 69.6 cm³/mol. The number of nitrogens with zero attached hydrogens (tertiary/aromatic N) is 2. The topological polar surface area (TPSA) is 34.9 Å². The Labute approximate surface area is 105 Å². The van der Waals surface area contributed by atoms with Crippen LogP contribution in [0.3, 0.4) is 0 Å². The SMILES string of the molecule is C=CCn1ncc(C(=O)c2ccccc2)c1S. The zero-order valence-electron chi connectivity index (χ0n) is 9.21. The highest BCUT2D eigenvalue weighted by molar-refractivity contribution is 7.80. The summed E-state index contributed by atoms with van der Waals surface area (Å²) in [4.78, 5) is 12.2. The summed E-state index contributed by atoms with van der Waals surface area (Å²) in [5.41, 5.74) is 1.15. The van der Waals surface area contributed by atoms with Crippen LogP contribution in [-0.2, 0) is 6.54 Å². The Hall–Kier alpha value is -1.81. The maximum atomic E-state index is 12.2. The second-order valence-corrected chi connectivity index (χ2v) is 3.97. The number of hydrogen-bond acceptors (Lipinski definition) is 3. The van der Waals surface area contributed by atoms with Crippen LogP contribution >= 0.6 is 12.6 Å². The van der Waals surface area contributed by atoms with Gasteiger partial charge in [-0.2, -0.15) is 5.10 Å². The molecule has 1 aromatic carbocycles. The molecule has 0 unspecified atom stereocenters. The number of carbonyl (C=O) groups excluding carboxylic acids is 1. The molecule has 2 rings (SSSR count). The van der Waals surface area contributed by atoms with Crippen molar-refractivity contribution in [3.8, 4) is 0 Å². The molecule has 0 atom stereocenters. The van der Waals surface area contributed by atoms with Crippen LogP contribution in [0, 0.1) is 0 Å². The van der Waals surface area contributed by atoms with Crippen molar-refractivity contribution in [3.05, 3.63) is 60.3 Å². The summed E-state index contributed by atoms with van der Waals surface area (Å²) < 4.78 is 1.63. The largest absolute Gasteiger partial charge is 0.288 e. The highest BCUT2D eigenvalue weighted by atomic mass is 32.1. The van der Waals surface area contributed by atoms with E-state index in [1.54, 1.807) is 29.1 Å². The molecule has 0 fully saturated rings. The maximum Gasteiger partial charge on any atom is 0.197 e. The Morgan fingerprint density at radius 3 is 2.76 bits per heavy atom. The maximum absolute atomic E-state index is 12.2. The van der Waals surface area contributed by atoms with Gasteiger partial charge in [0.2, 0.25) is 0 Å². The van der Waals surface area contributed by atoms with E-state index in [4.69, 9.17) is 0 Å². The molecule has 0 aliphatic rings. The van der Waals surface area contributed by atoms with Crippen LogP contribution in [0.25, 0.3) is 0 Å². The fourth-order valence-electron chi connectivity index (χ4n) is 1.54. The van der Waals surface area contributed by atoms with Gasteiger partial charge in [0.15, 0.2) is 5.78 Å². The smallest absolute Gasteiger partial charge is 0.197 e. The number of rotatable bonds is 4. The first-order valence-corrected chi connectivity index (χ1v) is 5.64. The van der Waals surface area contributed by atoms with Crippen LogP contribution in [0.4, 0.5) is 0 Å². The minimum Gasteiger partial charge on any atom is -0.288 e. The number of aromatic nitrogens is 2. The number of carbonyl (C=O) groups is 1. The molecule has 1 aromatic heterocycles. The summed E-state index contributed by atoms with van der Waals surface area (Å²) in [6, 6.07) is 9.10. The molecule has 0 N–H and O–H groups in total. The standard InChI is InChI=1S/C13H12N2OS/c1-2-8-15-13(17)11(9-14-15)12(16)10-6-4-3-5-7-10/h2-7,9,17H,1,8H2. The minimum absolute atomic E-state index is 0.0640. The van der Waals surface area contributed by atoms with E-state index in [0.29, 0.717) is 22.7 Å². The molecule has 4 heteroatoms. The van der Waals surface area contributed by atoms with Crippen LogP contribution in [0.15, 0.2) is 54.2 Å². The zero-order valence-corrected chi connectivity index (χ0v) is 10.1. The first-order valence-electron chi connectivity index (χ1n) is 5.19. The fraction of sp³-hybridized carbons (Fsp3) is 0.0769. The molecule has 1 heterocycles. The van der Waals surface area contributed by atoms with Gasteiger partial charge in [0.05, 0.1) is 18.3 Å². The third-order valence-electron chi connectivity index (χ3n) is 2.39. The summed E-state index contributed by atoms with van der Waals surface area (Å²) in [5, 5.41) is 4.67. The molecule has 0 spiro atoms. The van der Waals surface area contributed by atoms with E-state index in [1.165, 1.54) is 0 Å². The first-order chi connectivity index (χ1) is 8.24. The lowest BCUT2D eigenvalue weighted by molar-refractivity contribution is 0.103. The Kier molecular flexibility index (Phi) is 3.44. The lowest BCUT2D eigenvalue weighted by Crippen LogP contribution is -2.03. The lowest BCUT2D eigenvalue weighted by Gasteiger charge is -2.01. The Balaban J connectivity index is 2.35. The van der Waals surface area contributed by atoms with Crippen molar-refractivity contribution in [2.24, 2.45) is 0 Å². The molecule has 0 aliphatic heterocycles. The van der Waals surface area contributed by atoms with E-state index in [2.05, 4.69) is 24.3 Å². The molecule has 3 nitrogen and oxygen atoms in total. The van der Waals surface area contributed by atoms with Gasteiger partial charge in [-0.1, -0.05) is 36.4 Å². The summed E-state index contributed by atoms with van der Waals surface area (Å²) >= 11 is 4.32. The summed E-state index contributed by atoms with van der Waals surface area (Å²) in [6.07, 6.45) is 3.25. The average Bonchev–Trinajstić information content (AvgIpc) is 2.72. The van der Waals surface area contributed by atoms with E-state index < -0.39 is 0 Å². The highest BCUT2D eigenvalue weighted by Crippen LogP contribution is 2.17. The molecule has 17 heavy (non-hydrogen) atoms. The minimum atomic E-state index is -0.0640. The molecule has 0 radical (unpaired) electrons. The number of hydrogen-bond donors (Lipinski definition) is 1. The third kappa shape index (κ3) is 2.31. The van der Waals surface area contributed by atoms with Gasteiger partial charge in [-0.25, -0.2) is 0 Å². The Bertz CT molecular complexity index is 546. The summed E-state index contributed by atoms with van der Waals surface area (Å²) in [7, 11) is 0. The normalized spacial score (nSPS) is 10.2. The van der Waals surface area contributed by atoms with Crippen molar-refractivity contribution < 1.29 is 4.79 Å². The van der Waals surface area contributed by atoms with Crippen molar-refractivity contribution >= 4 is 18.4 Å². The van der Waals surface area contributed by atoms with Crippen molar-refractivity contribution in [2.75, 3.05) is 0 Å². The first kappa shape index (κ1) is 11.7. The van der Waals surface area contributed by atoms with E-state index in [0.717, 1.165) is 0 Å². The van der Waals surface area contributed by atoms with Gasteiger partial charge < -0.3 is 0 Å². The fourth-order valence-corrected chi connectivity index (χ4v) is 1.83. The third-order valence-corrected chi connectivity index (χ3v) is 2.87. The molecular weight excluding hydrogens is 232 g/mol. The lowest BCUT2D eigenvalue weighted by atomic mass is 10.1. The van der Waals surface area contributed by atoms with Gasteiger partial charge in [0.25, 0.3) is 0 Å². The van der Waals surface area contributed by atoms with Gasteiger partial charge in [0.1, 0.15) is 5.03 Å². The van der Waals surface area contributed by atoms with Gasteiger partial charge in [-0.05, 0) is 0 Å². The quantitative estimate of drug-likeness (QED) is 0.509. The molecule has 0 saturated heterocycles. The van der Waals surface area contributed by atoms with Crippen LogP contribution in [0.5, 0.6) is 0 Å². The van der Waals surface area contributed by atoms with E-state index in [9.17, 15) is 4.79 Å². The van der Waals surface area contributed by atoms with Crippen molar-refractivity contribution in [1.82, 2.24) is 9.78 Å². The van der Waals surface area contributed by atoms with Gasteiger partial charge in [0, 0.05) is 5.56 Å². The van der Waals surface area contributed by atoms with Gasteiger partial charge in [-0.15, -0.1) is 19.2 Å². The second-order valence-electron chi connectivity index (χ2n) is 3.55. The van der Waals surface area contributed by atoms with Crippen LogP contribution < -0.4 is 0 Å². The zero-order chi connectivity index (χ0) is 12.3. The predicted octanol–water partition coefficient (Wildman–Crippen LogP) is 2.59. The molecule has 0 aliphatic carbocycles. The molecule has 2 aromatic rings. The molecule has 86 valence electrons. The summed E-state index contributed by atoms with van der Waals surface area (Å²) in [6.45, 7) is 4.17. The van der Waals surface area contributed by atoms with Crippen molar-refractivity contribution in [2.45, 2.75) is 11.6 Å². The van der Waals surface area contributed by atoms with Crippen LogP contribution in [0.2, 0.25) is 0 Å². The van der Waals surface area contributed by atoms with Crippen LogP contribution in [0.1, 0.15) is 15.9 Å². The van der Waals surface area contributed by atoms with E-state index in [-0.39, 0.29) is 5.78 Å². The van der Waals surface area contributed by atoms with Gasteiger partial charge >= 0.3 is 0 Å². The molecule has 0 saturated carbocycles. The van der Waals surface area contributed by atoms with Crippen molar-refractivity contribution in [3.63, 3.8) is 0 Å². The van der Waals surface area contributed by atoms with Crippen molar-refractivity contribution in [1.29, 1.82) is 0 Å². The Morgan fingerprint density at radius 1 is 1.41 bits per heavy atom. The number of ketones is 1. The summed E-state index contributed by atoms with van der Waals surface area (Å²) in [5.74, 6) is -0.0640.